The maximum absolute atomic E-state index is 11.7. The highest BCUT2D eigenvalue weighted by Crippen LogP contribution is 2.06. The lowest BCUT2D eigenvalue weighted by Gasteiger charge is -2.24. The van der Waals surface area contributed by atoms with Gasteiger partial charge >= 0.3 is 0 Å². The standard InChI is InChI=1S/C11H22N2O3/c1-15-6-2-3-10(12)11(14)13-9-4-7-16-8-5-9/h9-10H,2-8,12H2,1H3,(H,13,14). The molecule has 0 radical (unpaired) electrons. The quantitative estimate of drug-likeness (QED) is 0.632. The van der Waals surface area contributed by atoms with E-state index in [9.17, 15) is 4.79 Å². The predicted molar refractivity (Wildman–Crippen MR) is 61.1 cm³/mol. The Kier molecular flexibility index (Phi) is 6.37. The number of nitrogens with one attached hydrogen (secondary N) is 1. The molecule has 1 fully saturated rings. The molecule has 1 rings (SSSR count). The summed E-state index contributed by atoms with van der Waals surface area (Å²) in [6.45, 7) is 2.10. The first-order valence-corrected chi connectivity index (χ1v) is 5.86. The molecule has 0 spiro atoms. The highest BCUT2D eigenvalue weighted by atomic mass is 16.5. The highest BCUT2D eigenvalue weighted by molar-refractivity contribution is 5.81. The SMILES string of the molecule is COCCCC(N)C(=O)NC1CCOCC1. The third-order valence-corrected chi connectivity index (χ3v) is 2.77. The van der Waals surface area contributed by atoms with Crippen molar-refractivity contribution in [2.24, 2.45) is 5.73 Å². The lowest BCUT2D eigenvalue weighted by atomic mass is 10.1. The summed E-state index contributed by atoms with van der Waals surface area (Å²) in [6.07, 6.45) is 3.26. The Morgan fingerprint density at radius 2 is 2.25 bits per heavy atom. The van der Waals surface area contributed by atoms with Gasteiger partial charge in [0.25, 0.3) is 0 Å². The van der Waals surface area contributed by atoms with Crippen LogP contribution in [0.15, 0.2) is 0 Å². The molecule has 0 aromatic heterocycles. The van der Waals surface area contributed by atoms with Gasteiger partial charge in [0, 0.05) is 33.0 Å². The number of amides is 1. The van der Waals surface area contributed by atoms with Gasteiger partial charge < -0.3 is 20.5 Å². The first-order chi connectivity index (χ1) is 7.74. The molecule has 0 aromatic rings. The maximum Gasteiger partial charge on any atom is 0.237 e. The van der Waals surface area contributed by atoms with E-state index in [4.69, 9.17) is 15.2 Å². The van der Waals surface area contributed by atoms with Crippen LogP contribution < -0.4 is 11.1 Å². The number of carbonyl (C=O) groups is 1. The maximum atomic E-state index is 11.7. The van der Waals surface area contributed by atoms with Crippen LogP contribution in [-0.4, -0.2) is 44.9 Å². The van der Waals surface area contributed by atoms with Crippen molar-refractivity contribution in [2.45, 2.75) is 37.8 Å². The zero-order valence-corrected chi connectivity index (χ0v) is 9.91. The molecule has 3 N–H and O–H groups in total. The van der Waals surface area contributed by atoms with Crippen LogP contribution in [0.25, 0.3) is 0 Å². The van der Waals surface area contributed by atoms with E-state index in [2.05, 4.69) is 5.32 Å². The average Bonchev–Trinajstić information content (AvgIpc) is 2.30. The Morgan fingerprint density at radius 1 is 1.56 bits per heavy atom. The summed E-state index contributed by atoms with van der Waals surface area (Å²) in [5.41, 5.74) is 5.78. The molecule has 0 saturated carbocycles. The number of ether oxygens (including phenoxy) is 2. The summed E-state index contributed by atoms with van der Waals surface area (Å²) in [6, 6.07) is -0.187. The Morgan fingerprint density at radius 3 is 2.88 bits per heavy atom. The van der Waals surface area contributed by atoms with Gasteiger partial charge in [-0.3, -0.25) is 4.79 Å². The molecule has 0 aliphatic carbocycles. The molecule has 5 nitrogen and oxygen atoms in total. The van der Waals surface area contributed by atoms with Crippen LogP contribution in [-0.2, 0) is 14.3 Å². The van der Waals surface area contributed by atoms with Crippen molar-refractivity contribution in [3.8, 4) is 0 Å². The highest BCUT2D eigenvalue weighted by Gasteiger charge is 2.19. The molecule has 94 valence electrons. The molecule has 1 amide bonds. The minimum Gasteiger partial charge on any atom is -0.385 e. The van der Waals surface area contributed by atoms with Crippen molar-refractivity contribution in [3.05, 3.63) is 0 Å². The summed E-state index contributed by atoms with van der Waals surface area (Å²) < 4.78 is 10.1. The predicted octanol–water partition coefficient (Wildman–Crippen LogP) is 0.0355. The molecule has 1 saturated heterocycles. The number of nitrogens with two attached hydrogens (primary N) is 1. The van der Waals surface area contributed by atoms with Gasteiger partial charge in [-0.25, -0.2) is 0 Å². The molecule has 1 atom stereocenters. The van der Waals surface area contributed by atoms with Crippen molar-refractivity contribution >= 4 is 5.91 Å². The molecule has 1 aliphatic heterocycles. The molecule has 1 aliphatic rings. The zero-order chi connectivity index (χ0) is 11.8. The number of rotatable bonds is 6. The van der Waals surface area contributed by atoms with Gasteiger partial charge in [-0.05, 0) is 25.7 Å². The fourth-order valence-electron chi connectivity index (χ4n) is 1.73. The summed E-state index contributed by atoms with van der Waals surface area (Å²) in [4.78, 5) is 11.7. The van der Waals surface area contributed by atoms with Crippen LogP contribution in [0.4, 0.5) is 0 Å². The Bertz CT molecular complexity index is 205. The van der Waals surface area contributed by atoms with E-state index in [1.807, 2.05) is 0 Å². The second kappa shape index (κ2) is 7.60. The van der Waals surface area contributed by atoms with Crippen molar-refractivity contribution in [2.75, 3.05) is 26.9 Å². The van der Waals surface area contributed by atoms with Gasteiger partial charge in [0.1, 0.15) is 0 Å². The van der Waals surface area contributed by atoms with E-state index < -0.39 is 6.04 Å². The third-order valence-electron chi connectivity index (χ3n) is 2.77. The van der Waals surface area contributed by atoms with Crippen molar-refractivity contribution < 1.29 is 14.3 Å². The van der Waals surface area contributed by atoms with Crippen molar-refractivity contribution in [3.63, 3.8) is 0 Å². The average molecular weight is 230 g/mol. The molecule has 1 heterocycles. The van der Waals surface area contributed by atoms with Crippen molar-refractivity contribution in [1.82, 2.24) is 5.32 Å². The van der Waals surface area contributed by atoms with Gasteiger partial charge in [0.05, 0.1) is 6.04 Å². The van der Waals surface area contributed by atoms with Gasteiger partial charge in [-0.2, -0.15) is 0 Å². The second-order valence-corrected chi connectivity index (χ2v) is 4.14. The Hall–Kier alpha value is -0.650. The van der Waals surface area contributed by atoms with Crippen molar-refractivity contribution in [1.29, 1.82) is 0 Å². The van der Waals surface area contributed by atoms with Gasteiger partial charge in [0.2, 0.25) is 5.91 Å². The molecule has 0 aromatic carbocycles. The number of hydrogen-bond acceptors (Lipinski definition) is 4. The van der Waals surface area contributed by atoms with Crippen LogP contribution in [0.3, 0.4) is 0 Å². The number of hydrogen-bond donors (Lipinski definition) is 2. The van der Waals surface area contributed by atoms with Gasteiger partial charge in [0.15, 0.2) is 0 Å². The summed E-state index contributed by atoms with van der Waals surface area (Å²) in [5, 5.41) is 2.96. The van der Waals surface area contributed by atoms with Gasteiger partial charge in [-0.1, -0.05) is 0 Å². The Balaban J connectivity index is 2.16. The van der Waals surface area contributed by atoms with Crippen LogP contribution in [0.5, 0.6) is 0 Å². The van der Waals surface area contributed by atoms with E-state index >= 15 is 0 Å². The largest absolute Gasteiger partial charge is 0.385 e. The number of carbonyl (C=O) groups excluding carboxylic acids is 1. The third kappa shape index (κ3) is 4.92. The Labute approximate surface area is 96.7 Å². The van der Waals surface area contributed by atoms with E-state index in [-0.39, 0.29) is 11.9 Å². The lowest BCUT2D eigenvalue weighted by molar-refractivity contribution is -0.123. The second-order valence-electron chi connectivity index (χ2n) is 4.14. The summed E-state index contributed by atoms with van der Waals surface area (Å²) in [7, 11) is 1.65. The first-order valence-electron chi connectivity index (χ1n) is 5.86. The molecular formula is C11H22N2O3. The smallest absolute Gasteiger partial charge is 0.237 e. The van der Waals surface area contributed by atoms with Crippen LogP contribution in [0, 0.1) is 0 Å². The normalized spacial score (nSPS) is 19.4. The topological polar surface area (TPSA) is 73.6 Å². The molecular weight excluding hydrogens is 208 g/mol. The summed E-state index contributed by atoms with van der Waals surface area (Å²) >= 11 is 0. The molecule has 0 bridgehead atoms. The fourth-order valence-corrected chi connectivity index (χ4v) is 1.73. The van der Waals surface area contributed by atoms with E-state index in [0.29, 0.717) is 13.0 Å². The molecule has 16 heavy (non-hydrogen) atoms. The van der Waals surface area contributed by atoms with E-state index in [1.165, 1.54) is 0 Å². The van der Waals surface area contributed by atoms with E-state index in [1.54, 1.807) is 7.11 Å². The minimum atomic E-state index is -0.419. The molecule has 5 heteroatoms. The number of methoxy groups -OCH3 is 1. The van der Waals surface area contributed by atoms with E-state index in [0.717, 1.165) is 32.5 Å². The van der Waals surface area contributed by atoms with Crippen LogP contribution in [0.2, 0.25) is 0 Å². The fraction of sp³-hybridized carbons (Fsp3) is 0.909. The molecule has 1 unspecified atom stereocenters. The van der Waals surface area contributed by atoms with Crippen LogP contribution >= 0.6 is 0 Å². The summed E-state index contributed by atoms with van der Waals surface area (Å²) in [5.74, 6) is -0.0528. The van der Waals surface area contributed by atoms with Crippen LogP contribution in [0.1, 0.15) is 25.7 Å². The zero-order valence-electron chi connectivity index (χ0n) is 9.91. The lowest BCUT2D eigenvalue weighted by Crippen LogP contribution is -2.47. The minimum absolute atomic E-state index is 0.0528. The first kappa shape index (κ1) is 13.4. The monoisotopic (exact) mass is 230 g/mol. The van der Waals surface area contributed by atoms with Gasteiger partial charge in [-0.15, -0.1) is 0 Å².